The van der Waals surface area contributed by atoms with Gasteiger partial charge < -0.3 is 15.8 Å². The smallest absolute Gasteiger partial charge is 0.307 e. The number of benzene rings is 1. The number of esters is 1. The van der Waals surface area contributed by atoms with Crippen LogP contribution in [0.5, 0.6) is 0 Å². The number of nitrogen functional groups attached to an aromatic ring is 1. The van der Waals surface area contributed by atoms with Crippen LogP contribution in [0.2, 0.25) is 0 Å². The van der Waals surface area contributed by atoms with Gasteiger partial charge in [0.25, 0.3) is 5.91 Å². The normalized spacial score (nSPS) is 9.94. The second-order valence-corrected chi connectivity index (χ2v) is 3.44. The fourth-order valence-corrected chi connectivity index (χ4v) is 1.22. The summed E-state index contributed by atoms with van der Waals surface area (Å²) in [6.45, 7) is -0.0117. The average Bonchev–Trinajstić information content (AvgIpc) is 2.33. The van der Waals surface area contributed by atoms with E-state index in [0.717, 1.165) is 6.07 Å². The number of methoxy groups -OCH3 is 1. The molecule has 1 aromatic carbocycles. The first-order chi connectivity index (χ1) is 8.45. The molecule has 1 rings (SSSR count). The second kappa shape index (κ2) is 5.95. The first kappa shape index (κ1) is 13.9. The van der Waals surface area contributed by atoms with E-state index in [9.17, 15) is 18.4 Å². The molecular weight excluding hydrogens is 246 g/mol. The van der Waals surface area contributed by atoms with Crippen molar-refractivity contribution in [3.05, 3.63) is 29.3 Å². The molecule has 0 aliphatic carbocycles. The van der Waals surface area contributed by atoms with E-state index >= 15 is 0 Å². The van der Waals surface area contributed by atoms with E-state index in [2.05, 4.69) is 10.1 Å². The minimum Gasteiger partial charge on any atom is -0.469 e. The maximum absolute atomic E-state index is 13.3. The quantitative estimate of drug-likeness (QED) is 0.619. The number of rotatable bonds is 4. The molecule has 0 unspecified atom stereocenters. The number of ether oxygens (including phenoxy) is 1. The Balaban J connectivity index is 2.67. The fourth-order valence-electron chi connectivity index (χ4n) is 1.22. The molecule has 0 heterocycles. The molecule has 0 aliphatic rings. The van der Waals surface area contributed by atoms with Gasteiger partial charge in [0.15, 0.2) is 0 Å². The van der Waals surface area contributed by atoms with Gasteiger partial charge in [0, 0.05) is 12.6 Å². The minimum absolute atomic E-state index is 0.0117. The van der Waals surface area contributed by atoms with Gasteiger partial charge in [-0.25, -0.2) is 8.78 Å². The number of nitrogens with one attached hydrogen (secondary N) is 1. The molecule has 0 radical (unpaired) electrons. The molecule has 3 N–H and O–H groups in total. The summed E-state index contributed by atoms with van der Waals surface area (Å²) in [5, 5.41) is 2.29. The molecule has 7 heteroatoms. The Bertz CT molecular complexity index is 478. The summed E-state index contributed by atoms with van der Waals surface area (Å²) >= 11 is 0. The van der Waals surface area contributed by atoms with Crippen LogP contribution in [0, 0.1) is 11.6 Å². The van der Waals surface area contributed by atoms with Crippen molar-refractivity contribution in [1.29, 1.82) is 0 Å². The maximum atomic E-state index is 13.3. The van der Waals surface area contributed by atoms with Crippen molar-refractivity contribution in [2.24, 2.45) is 0 Å². The zero-order chi connectivity index (χ0) is 13.7. The first-order valence-electron chi connectivity index (χ1n) is 5.05. The Morgan fingerprint density at radius 3 is 2.61 bits per heavy atom. The molecule has 18 heavy (non-hydrogen) atoms. The lowest BCUT2D eigenvalue weighted by Gasteiger charge is -2.06. The minimum atomic E-state index is -1.02. The van der Waals surface area contributed by atoms with E-state index in [1.165, 1.54) is 7.11 Å². The molecule has 0 saturated carbocycles. The Morgan fingerprint density at radius 2 is 2.00 bits per heavy atom. The van der Waals surface area contributed by atoms with Crippen molar-refractivity contribution in [1.82, 2.24) is 5.32 Å². The highest BCUT2D eigenvalue weighted by molar-refractivity contribution is 5.95. The molecule has 0 aliphatic heterocycles. The van der Waals surface area contributed by atoms with E-state index in [-0.39, 0.29) is 24.2 Å². The zero-order valence-electron chi connectivity index (χ0n) is 9.63. The molecule has 0 saturated heterocycles. The van der Waals surface area contributed by atoms with Crippen LogP contribution in [0.1, 0.15) is 16.8 Å². The lowest BCUT2D eigenvalue weighted by molar-refractivity contribution is -0.140. The Morgan fingerprint density at radius 1 is 1.33 bits per heavy atom. The molecule has 0 bridgehead atoms. The van der Waals surface area contributed by atoms with Gasteiger partial charge in [0.1, 0.15) is 11.6 Å². The largest absolute Gasteiger partial charge is 0.469 e. The van der Waals surface area contributed by atoms with Crippen LogP contribution in [0.4, 0.5) is 14.5 Å². The van der Waals surface area contributed by atoms with Crippen LogP contribution in [-0.4, -0.2) is 25.5 Å². The number of anilines is 1. The molecule has 98 valence electrons. The fraction of sp³-hybridized carbons (Fsp3) is 0.273. The van der Waals surface area contributed by atoms with Crippen molar-refractivity contribution in [3.8, 4) is 0 Å². The molecular formula is C11H12F2N2O3. The predicted molar refractivity (Wildman–Crippen MR) is 59.7 cm³/mol. The van der Waals surface area contributed by atoms with Crippen molar-refractivity contribution in [2.75, 3.05) is 19.4 Å². The summed E-state index contributed by atoms with van der Waals surface area (Å²) in [5.41, 5.74) is 4.53. The summed E-state index contributed by atoms with van der Waals surface area (Å²) in [6.07, 6.45) is -0.0411. The lowest BCUT2D eigenvalue weighted by atomic mass is 10.1. The summed E-state index contributed by atoms with van der Waals surface area (Å²) in [6, 6.07) is 1.43. The second-order valence-electron chi connectivity index (χ2n) is 3.44. The Labute approximate surface area is 102 Å². The molecule has 0 fully saturated rings. The van der Waals surface area contributed by atoms with Crippen molar-refractivity contribution < 1.29 is 23.1 Å². The third-order valence-electron chi connectivity index (χ3n) is 2.17. The number of halogens is 2. The van der Waals surface area contributed by atoms with E-state index in [4.69, 9.17) is 5.73 Å². The number of amides is 1. The Hall–Kier alpha value is -2.18. The lowest BCUT2D eigenvalue weighted by Crippen LogP contribution is -2.27. The highest BCUT2D eigenvalue weighted by Gasteiger charge is 2.14. The number of nitrogens with two attached hydrogens (primary N) is 1. The SMILES string of the molecule is COC(=O)CCNC(=O)c1cc(N)c(F)cc1F. The van der Waals surface area contributed by atoms with Gasteiger partial charge in [0.2, 0.25) is 0 Å². The summed E-state index contributed by atoms with van der Waals surface area (Å²) < 4.78 is 30.5. The standard InChI is InChI=1S/C11H12F2N2O3/c1-18-10(16)2-3-15-11(17)6-4-9(14)8(13)5-7(6)12/h4-5H,2-3,14H2,1H3,(H,15,17). The number of hydrogen-bond acceptors (Lipinski definition) is 4. The first-order valence-corrected chi connectivity index (χ1v) is 5.05. The predicted octanol–water partition coefficient (Wildman–Crippen LogP) is 0.840. The number of carbonyl (C=O) groups is 2. The van der Waals surface area contributed by atoms with Crippen LogP contribution in [0.3, 0.4) is 0 Å². The van der Waals surface area contributed by atoms with E-state index < -0.39 is 23.5 Å². The molecule has 1 aromatic rings. The van der Waals surface area contributed by atoms with E-state index in [1.807, 2.05) is 0 Å². The number of carbonyl (C=O) groups excluding carboxylic acids is 2. The monoisotopic (exact) mass is 258 g/mol. The van der Waals surface area contributed by atoms with Crippen molar-refractivity contribution >= 4 is 17.6 Å². The van der Waals surface area contributed by atoms with Gasteiger partial charge in [-0.2, -0.15) is 0 Å². The van der Waals surface area contributed by atoms with Crippen LogP contribution in [-0.2, 0) is 9.53 Å². The van der Waals surface area contributed by atoms with E-state index in [1.54, 1.807) is 0 Å². The average molecular weight is 258 g/mol. The van der Waals surface area contributed by atoms with Crippen molar-refractivity contribution in [3.63, 3.8) is 0 Å². The summed E-state index contributed by atoms with van der Waals surface area (Å²) in [4.78, 5) is 22.3. The van der Waals surface area contributed by atoms with Gasteiger partial charge in [-0.15, -0.1) is 0 Å². The van der Waals surface area contributed by atoms with Gasteiger partial charge in [-0.05, 0) is 6.07 Å². The number of hydrogen-bond donors (Lipinski definition) is 2. The summed E-state index contributed by atoms with van der Waals surface area (Å²) in [7, 11) is 1.21. The third-order valence-corrected chi connectivity index (χ3v) is 2.17. The highest BCUT2D eigenvalue weighted by atomic mass is 19.1. The van der Waals surface area contributed by atoms with Crippen molar-refractivity contribution in [2.45, 2.75) is 6.42 Å². The van der Waals surface area contributed by atoms with Crippen LogP contribution in [0.15, 0.2) is 12.1 Å². The molecule has 0 spiro atoms. The van der Waals surface area contributed by atoms with Crippen LogP contribution >= 0.6 is 0 Å². The zero-order valence-corrected chi connectivity index (χ0v) is 9.63. The highest BCUT2D eigenvalue weighted by Crippen LogP contribution is 2.16. The van der Waals surface area contributed by atoms with Crippen LogP contribution in [0.25, 0.3) is 0 Å². The molecule has 0 atom stereocenters. The molecule has 0 aromatic heterocycles. The van der Waals surface area contributed by atoms with Gasteiger partial charge in [-0.1, -0.05) is 0 Å². The van der Waals surface area contributed by atoms with Crippen LogP contribution < -0.4 is 11.1 Å². The molecule has 1 amide bonds. The summed E-state index contributed by atoms with van der Waals surface area (Å²) in [5.74, 6) is -3.23. The maximum Gasteiger partial charge on any atom is 0.307 e. The Kier molecular flexibility index (Phi) is 4.59. The third kappa shape index (κ3) is 3.41. The molecule has 5 nitrogen and oxygen atoms in total. The van der Waals surface area contributed by atoms with Gasteiger partial charge in [0.05, 0.1) is 24.8 Å². The van der Waals surface area contributed by atoms with Gasteiger partial charge in [-0.3, -0.25) is 9.59 Å². The topological polar surface area (TPSA) is 81.4 Å². The van der Waals surface area contributed by atoms with E-state index in [0.29, 0.717) is 6.07 Å². The van der Waals surface area contributed by atoms with Gasteiger partial charge >= 0.3 is 5.97 Å².